The molecule has 6 heteroatoms. The lowest BCUT2D eigenvalue weighted by Crippen LogP contribution is -2.43. The molecule has 0 aliphatic rings. The fourth-order valence-electron chi connectivity index (χ4n) is 1.14. The lowest BCUT2D eigenvalue weighted by molar-refractivity contribution is 0.550. The van der Waals surface area contributed by atoms with Crippen LogP contribution in [-0.4, -0.2) is 44.8 Å². The average molecular weight is 254 g/mol. The summed E-state index contributed by atoms with van der Waals surface area (Å²) in [6, 6.07) is -0.00548. The molecule has 2 atom stereocenters. The van der Waals surface area contributed by atoms with Gasteiger partial charge in [-0.05, 0) is 26.6 Å². The van der Waals surface area contributed by atoms with Gasteiger partial charge in [-0.3, -0.25) is 0 Å². The first kappa shape index (κ1) is 15.2. The fourth-order valence-corrected chi connectivity index (χ4v) is 3.04. The molecular formula is C9H22N2O2S2. The molecule has 92 valence electrons. The van der Waals surface area contributed by atoms with Gasteiger partial charge in [0.15, 0.2) is 0 Å². The lowest BCUT2D eigenvalue weighted by Gasteiger charge is -2.18. The largest absolute Gasteiger partial charge is 0.316 e. The van der Waals surface area contributed by atoms with Crippen LogP contribution in [0.15, 0.2) is 0 Å². The minimum absolute atomic E-state index is 0.00548. The molecule has 0 amide bonds. The SMILES string of the molecule is CCNCC(C)S(=O)(=O)NC(C)CSC. The van der Waals surface area contributed by atoms with E-state index in [2.05, 4.69) is 10.0 Å². The Hall–Kier alpha value is 0.220. The van der Waals surface area contributed by atoms with Crippen molar-refractivity contribution in [3.63, 3.8) is 0 Å². The van der Waals surface area contributed by atoms with E-state index in [1.165, 1.54) is 0 Å². The number of nitrogens with one attached hydrogen (secondary N) is 2. The fraction of sp³-hybridized carbons (Fsp3) is 1.00. The third kappa shape index (κ3) is 6.40. The first-order chi connectivity index (χ1) is 6.94. The molecule has 2 unspecified atom stereocenters. The van der Waals surface area contributed by atoms with Gasteiger partial charge in [0.2, 0.25) is 10.0 Å². The normalized spacial score (nSPS) is 16.3. The van der Waals surface area contributed by atoms with Crippen LogP contribution in [0, 0.1) is 0 Å². The molecule has 4 nitrogen and oxygen atoms in total. The highest BCUT2D eigenvalue weighted by molar-refractivity contribution is 7.98. The molecule has 0 heterocycles. The molecule has 0 aromatic heterocycles. The molecule has 0 saturated heterocycles. The van der Waals surface area contributed by atoms with Gasteiger partial charge in [0.25, 0.3) is 0 Å². The van der Waals surface area contributed by atoms with Crippen LogP contribution in [0.1, 0.15) is 20.8 Å². The molecule has 0 aromatic carbocycles. The summed E-state index contributed by atoms with van der Waals surface area (Å²) < 4.78 is 26.2. The Morgan fingerprint density at radius 1 is 1.33 bits per heavy atom. The predicted octanol–water partition coefficient (Wildman–Crippen LogP) is 0.655. The molecule has 15 heavy (non-hydrogen) atoms. The second kappa shape index (κ2) is 7.49. The standard InChI is InChI=1S/C9H22N2O2S2/c1-5-10-6-9(3)15(12,13)11-8(2)7-14-4/h8-11H,5-7H2,1-4H3. The molecule has 0 aliphatic heterocycles. The predicted molar refractivity (Wildman–Crippen MR) is 67.9 cm³/mol. The highest BCUT2D eigenvalue weighted by Gasteiger charge is 2.21. The molecule has 0 aromatic rings. The third-order valence-electron chi connectivity index (χ3n) is 1.99. The Labute approximate surface area is 97.6 Å². The highest BCUT2D eigenvalue weighted by atomic mass is 32.2. The Bertz CT molecular complexity index is 255. The van der Waals surface area contributed by atoms with Gasteiger partial charge < -0.3 is 5.32 Å². The molecule has 0 rings (SSSR count). The minimum atomic E-state index is -3.18. The summed E-state index contributed by atoms with van der Waals surface area (Å²) in [5.41, 5.74) is 0. The van der Waals surface area contributed by atoms with Crippen molar-refractivity contribution >= 4 is 21.8 Å². The molecule has 0 saturated carbocycles. The first-order valence-electron chi connectivity index (χ1n) is 5.14. The van der Waals surface area contributed by atoms with Gasteiger partial charge in [-0.1, -0.05) is 6.92 Å². The maximum absolute atomic E-state index is 11.8. The van der Waals surface area contributed by atoms with Gasteiger partial charge in [-0.15, -0.1) is 0 Å². The van der Waals surface area contributed by atoms with Crippen LogP contribution in [0.2, 0.25) is 0 Å². The molecule has 0 fully saturated rings. The van der Waals surface area contributed by atoms with Crippen LogP contribution in [-0.2, 0) is 10.0 Å². The molecule has 0 radical (unpaired) electrons. The summed E-state index contributed by atoms with van der Waals surface area (Å²) in [5.74, 6) is 0.799. The van der Waals surface area contributed by atoms with Crippen LogP contribution in [0.3, 0.4) is 0 Å². The van der Waals surface area contributed by atoms with Crippen molar-refractivity contribution in [3.8, 4) is 0 Å². The maximum Gasteiger partial charge on any atom is 0.215 e. The lowest BCUT2D eigenvalue weighted by atomic mass is 10.4. The van der Waals surface area contributed by atoms with Crippen LogP contribution in [0.4, 0.5) is 0 Å². The van der Waals surface area contributed by atoms with Crippen molar-refractivity contribution in [2.45, 2.75) is 32.1 Å². The summed E-state index contributed by atoms with van der Waals surface area (Å²) in [5, 5.41) is 2.65. The Kier molecular flexibility index (Phi) is 7.60. The zero-order valence-electron chi connectivity index (χ0n) is 9.91. The van der Waals surface area contributed by atoms with Crippen molar-refractivity contribution in [1.82, 2.24) is 10.0 Å². The zero-order chi connectivity index (χ0) is 11.9. The Morgan fingerprint density at radius 2 is 1.93 bits per heavy atom. The third-order valence-corrected chi connectivity index (χ3v) is 4.78. The smallest absolute Gasteiger partial charge is 0.215 e. The van der Waals surface area contributed by atoms with E-state index in [1.807, 2.05) is 20.1 Å². The number of sulfonamides is 1. The van der Waals surface area contributed by atoms with E-state index < -0.39 is 10.0 Å². The van der Waals surface area contributed by atoms with Crippen molar-refractivity contribution in [1.29, 1.82) is 0 Å². The first-order valence-corrected chi connectivity index (χ1v) is 8.08. The second-order valence-electron chi connectivity index (χ2n) is 3.64. The summed E-state index contributed by atoms with van der Waals surface area (Å²) >= 11 is 1.64. The van der Waals surface area contributed by atoms with Crippen LogP contribution in [0.5, 0.6) is 0 Å². The number of thioether (sulfide) groups is 1. The highest BCUT2D eigenvalue weighted by Crippen LogP contribution is 2.02. The van der Waals surface area contributed by atoms with E-state index >= 15 is 0 Å². The summed E-state index contributed by atoms with van der Waals surface area (Å²) in [7, 11) is -3.18. The topological polar surface area (TPSA) is 58.2 Å². The van der Waals surface area contributed by atoms with Gasteiger partial charge in [0, 0.05) is 18.3 Å². The Balaban J connectivity index is 4.16. The van der Waals surface area contributed by atoms with E-state index in [0.29, 0.717) is 6.54 Å². The molecule has 0 bridgehead atoms. The molecular weight excluding hydrogens is 232 g/mol. The van der Waals surface area contributed by atoms with Gasteiger partial charge in [0.05, 0.1) is 5.25 Å². The number of hydrogen-bond acceptors (Lipinski definition) is 4. The monoisotopic (exact) mass is 254 g/mol. The summed E-state index contributed by atoms with van der Waals surface area (Å²) in [6.07, 6.45) is 1.97. The summed E-state index contributed by atoms with van der Waals surface area (Å²) in [6.45, 7) is 6.85. The Morgan fingerprint density at radius 3 is 2.40 bits per heavy atom. The minimum Gasteiger partial charge on any atom is -0.316 e. The van der Waals surface area contributed by atoms with E-state index in [9.17, 15) is 8.42 Å². The van der Waals surface area contributed by atoms with E-state index in [-0.39, 0.29) is 11.3 Å². The summed E-state index contributed by atoms with van der Waals surface area (Å²) in [4.78, 5) is 0. The van der Waals surface area contributed by atoms with Crippen molar-refractivity contribution in [2.24, 2.45) is 0 Å². The van der Waals surface area contributed by atoms with Crippen molar-refractivity contribution in [2.75, 3.05) is 25.1 Å². The van der Waals surface area contributed by atoms with Crippen molar-refractivity contribution < 1.29 is 8.42 Å². The van der Waals surface area contributed by atoms with Crippen LogP contribution >= 0.6 is 11.8 Å². The molecule has 0 spiro atoms. The number of rotatable bonds is 8. The molecule has 0 aliphatic carbocycles. The van der Waals surface area contributed by atoms with Gasteiger partial charge in [-0.2, -0.15) is 11.8 Å². The van der Waals surface area contributed by atoms with Gasteiger partial charge >= 0.3 is 0 Å². The van der Waals surface area contributed by atoms with E-state index in [4.69, 9.17) is 0 Å². The van der Waals surface area contributed by atoms with Crippen LogP contribution in [0.25, 0.3) is 0 Å². The average Bonchev–Trinajstić information content (AvgIpc) is 2.13. The van der Waals surface area contributed by atoms with Crippen molar-refractivity contribution in [3.05, 3.63) is 0 Å². The van der Waals surface area contributed by atoms with Gasteiger partial charge in [0.1, 0.15) is 0 Å². The number of hydrogen-bond donors (Lipinski definition) is 2. The van der Waals surface area contributed by atoms with Crippen LogP contribution < -0.4 is 10.0 Å². The van der Waals surface area contributed by atoms with Gasteiger partial charge in [-0.25, -0.2) is 13.1 Å². The van der Waals surface area contributed by atoms with E-state index in [1.54, 1.807) is 18.7 Å². The zero-order valence-corrected chi connectivity index (χ0v) is 11.5. The maximum atomic E-state index is 11.8. The van der Waals surface area contributed by atoms with E-state index in [0.717, 1.165) is 12.3 Å². The molecule has 2 N–H and O–H groups in total. The quantitative estimate of drug-likeness (QED) is 0.668. The second-order valence-corrected chi connectivity index (χ2v) is 6.68.